The maximum Gasteiger partial charge on any atom is 0.274 e. The molecule has 6 heteroatoms. The second kappa shape index (κ2) is 9.19. The monoisotopic (exact) mass is 390 g/mol. The summed E-state index contributed by atoms with van der Waals surface area (Å²) >= 11 is 0. The molecule has 3 rings (SSSR count). The summed E-state index contributed by atoms with van der Waals surface area (Å²) in [6, 6.07) is 15.1. The molecule has 0 bridgehead atoms. The van der Waals surface area contributed by atoms with Crippen LogP contribution in [0.15, 0.2) is 54.7 Å². The summed E-state index contributed by atoms with van der Waals surface area (Å²) in [4.78, 5) is 21.3. The lowest BCUT2D eigenvalue weighted by Gasteiger charge is -2.13. The van der Waals surface area contributed by atoms with Crippen molar-refractivity contribution in [3.8, 4) is 5.75 Å². The average Bonchev–Trinajstić information content (AvgIpc) is 2.70. The van der Waals surface area contributed by atoms with Crippen LogP contribution >= 0.6 is 0 Å². The zero-order valence-electron chi connectivity index (χ0n) is 17.2. The van der Waals surface area contributed by atoms with Crippen molar-refractivity contribution in [1.29, 1.82) is 0 Å². The van der Waals surface area contributed by atoms with Gasteiger partial charge in [0.25, 0.3) is 5.91 Å². The molecule has 0 aliphatic carbocycles. The van der Waals surface area contributed by atoms with E-state index in [2.05, 4.69) is 27.5 Å². The van der Waals surface area contributed by atoms with Crippen LogP contribution in [0.4, 0.5) is 17.3 Å². The van der Waals surface area contributed by atoms with E-state index in [1.54, 1.807) is 12.3 Å². The zero-order valence-corrected chi connectivity index (χ0v) is 17.2. The highest BCUT2D eigenvalue weighted by atomic mass is 16.5. The third-order valence-electron chi connectivity index (χ3n) is 4.35. The van der Waals surface area contributed by atoms with Gasteiger partial charge in [-0.05, 0) is 68.7 Å². The molecule has 0 radical (unpaired) electrons. The van der Waals surface area contributed by atoms with E-state index in [4.69, 9.17) is 4.74 Å². The van der Waals surface area contributed by atoms with Gasteiger partial charge >= 0.3 is 0 Å². The molecular weight excluding hydrogens is 364 g/mol. The number of carbonyl (C=O) groups is 1. The van der Waals surface area contributed by atoms with E-state index in [1.807, 2.05) is 63.2 Å². The van der Waals surface area contributed by atoms with Crippen molar-refractivity contribution in [3.63, 3.8) is 0 Å². The molecule has 0 saturated carbocycles. The number of rotatable bonds is 7. The minimum Gasteiger partial charge on any atom is -0.491 e. The molecule has 0 fully saturated rings. The van der Waals surface area contributed by atoms with Gasteiger partial charge in [-0.3, -0.25) is 4.79 Å². The fourth-order valence-electron chi connectivity index (χ4n) is 2.94. The normalized spacial score (nSPS) is 10.7. The topological polar surface area (TPSA) is 76.1 Å². The Balaban J connectivity index is 1.73. The van der Waals surface area contributed by atoms with E-state index < -0.39 is 0 Å². The molecule has 6 nitrogen and oxygen atoms in total. The Labute approximate surface area is 171 Å². The number of para-hydroxylation sites is 1. The Bertz CT molecular complexity index is 984. The lowest BCUT2D eigenvalue weighted by molar-refractivity contribution is 0.102. The second-order valence-electron chi connectivity index (χ2n) is 7.00. The number of anilines is 3. The first-order valence-electron chi connectivity index (χ1n) is 9.73. The highest BCUT2D eigenvalue weighted by molar-refractivity contribution is 6.03. The number of carbonyl (C=O) groups excluding carboxylic acids is 1. The summed E-state index contributed by atoms with van der Waals surface area (Å²) < 4.78 is 5.64. The van der Waals surface area contributed by atoms with Gasteiger partial charge in [0.1, 0.15) is 11.4 Å². The van der Waals surface area contributed by atoms with Gasteiger partial charge in [0.05, 0.1) is 6.10 Å². The predicted octanol–water partition coefficient (Wildman–Crippen LogP) is 5.13. The lowest BCUT2D eigenvalue weighted by Crippen LogP contribution is -2.16. The Kier molecular flexibility index (Phi) is 6.44. The van der Waals surface area contributed by atoms with E-state index in [0.717, 1.165) is 34.7 Å². The second-order valence-corrected chi connectivity index (χ2v) is 7.00. The van der Waals surface area contributed by atoms with Crippen molar-refractivity contribution in [1.82, 2.24) is 9.97 Å². The molecule has 1 aromatic heterocycles. The van der Waals surface area contributed by atoms with Crippen LogP contribution in [0.1, 0.15) is 42.4 Å². The van der Waals surface area contributed by atoms with Gasteiger partial charge in [-0.1, -0.05) is 25.1 Å². The summed E-state index contributed by atoms with van der Waals surface area (Å²) in [7, 11) is 0. The SMILES string of the molecule is CCc1cccc(C)c1NC(=O)c1ccnc(Nc2ccc(OC(C)C)cc2)n1. The van der Waals surface area contributed by atoms with E-state index in [9.17, 15) is 4.79 Å². The smallest absolute Gasteiger partial charge is 0.274 e. The number of amides is 1. The van der Waals surface area contributed by atoms with E-state index in [0.29, 0.717) is 11.6 Å². The Hall–Kier alpha value is -3.41. The highest BCUT2D eigenvalue weighted by Crippen LogP contribution is 2.22. The van der Waals surface area contributed by atoms with Crippen LogP contribution in [0.5, 0.6) is 5.75 Å². The molecule has 1 amide bonds. The maximum atomic E-state index is 12.7. The summed E-state index contributed by atoms with van der Waals surface area (Å²) in [6.45, 7) is 8.01. The third-order valence-corrected chi connectivity index (χ3v) is 4.35. The molecule has 0 unspecified atom stereocenters. The van der Waals surface area contributed by atoms with Gasteiger partial charge in [-0.25, -0.2) is 9.97 Å². The lowest BCUT2D eigenvalue weighted by atomic mass is 10.1. The van der Waals surface area contributed by atoms with Gasteiger partial charge in [-0.2, -0.15) is 0 Å². The predicted molar refractivity (Wildman–Crippen MR) is 116 cm³/mol. The average molecular weight is 390 g/mol. The third kappa shape index (κ3) is 5.31. The van der Waals surface area contributed by atoms with Crippen LogP contribution in [0.25, 0.3) is 0 Å². The molecule has 2 N–H and O–H groups in total. The Morgan fingerprint density at radius 1 is 1.10 bits per heavy atom. The number of nitrogens with one attached hydrogen (secondary N) is 2. The minimum absolute atomic E-state index is 0.119. The molecule has 0 aliphatic heterocycles. The molecule has 0 aliphatic rings. The summed E-state index contributed by atoms with van der Waals surface area (Å²) in [5.41, 5.74) is 4.07. The largest absolute Gasteiger partial charge is 0.491 e. The first kappa shape index (κ1) is 20.3. The fourth-order valence-corrected chi connectivity index (χ4v) is 2.94. The first-order valence-corrected chi connectivity index (χ1v) is 9.73. The van der Waals surface area contributed by atoms with Gasteiger partial charge in [0.2, 0.25) is 5.95 Å². The minimum atomic E-state index is -0.264. The van der Waals surface area contributed by atoms with Crippen LogP contribution in [0.3, 0.4) is 0 Å². The van der Waals surface area contributed by atoms with Crippen LogP contribution in [-0.4, -0.2) is 22.0 Å². The number of benzene rings is 2. The van der Waals surface area contributed by atoms with Gasteiger partial charge in [0, 0.05) is 17.6 Å². The molecular formula is C23H26N4O2. The first-order chi connectivity index (χ1) is 14.0. The highest BCUT2D eigenvalue weighted by Gasteiger charge is 2.13. The summed E-state index contributed by atoms with van der Waals surface area (Å²) in [6.07, 6.45) is 2.53. The Morgan fingerprint density at radius 2 is 1.86 bits per heavy atom. The molecule has 0 atom stereocenters. The van der Waals surface area contributed by atoms with Gasteiger partial charge in [-0.15, -0.1) is 0 Å². The molecule has 3 aromatic rings. The molecule has 0 saturated heterocycles. The molecule has 0 spiro atoms. The number of nitrogens with zero attached hydrogens (tertiary/aromatic N) is 2. The van der Waals surface area contributed by atoms with Crippen molar-refractivity contribution in [2.24, 2.45) is 0 Å². The van der Waals surface area contributed by atoms with Crippen LogP contribution < -0.4 is 15.4 Å². The van der Waals surface area contributed by atoms with Crippen molar-refractivity contribution in [2.75, 3.05) is 10.6 Å². The number of hydrogen-bond acceptors (Lipinski definition) is 5. The summed E-state index contributed by atoms with van der Waals surface area (Å²) in [5, 5.41) is 6.11. The van der Waals surface area contributed by atoms with Gasteiger partial charge in [0.15, 0.2) is 0 Å². The number of ether oxygens (including phenoxy) is 1. The Morgan fingerprint density at radius 3 is 2.55 bits per heavy atom. The van der Waals surface area contributed by atoms with Crippen molar-refractivity contribution in [2.45, 2.75) is 40.2 Å². The molecule has 1 heterocycles. The quantitative estimate of drug-likeness (QED) is 0.585. The number of aryl methyl sites for hydroxylation is 2. The number of aromatic nitrogens is 2. The van der Waals surface area contributed by atoms with Crippen molar-refractivity contribution in [3.05, 3.63) is 71.5 Å². The molecule has 29 heavy (non-hydrogen) atoms. The van der Waals surface area contributed by atoms with Gasteiger partial charge < -0.3 is 15.4 Å². The maximum absolute atomic E-state index is 12.7. The van der Waals surface area contributed by atoms with Crippen LogP contribution in [0, 0.1) is 6.92 Å². The molecule has 150 valence electrons. The summed E-state index contributed by atoms with van der Waals surface area (Å²) in [5.74, 6) is 0.889. The fraction of sp³-hybridized carbons (Fsp3) is 0.261. The van der Waals surface area contributed by atoms with E-state index in [-0.39, 0.29) is 12.0 Å². The molecule has 2 aromatic carbocycles. The van der Waals surface area contributed by atoms with Crippen molar-refractivity contribution < 1.29 is 9.53 Å². The van der Waals surface area contributed by atoms with E-state index in [1.165, 1.54) is 0 Å². The van der Waals surface area contributed by atoms with Crippen LogP contribution in [-0.2, 0) is 6.42 Å². The van der Waals surface area contributed by atoms with Crippen molar-refractivity contribution >= 4 is 23.2 Å². The van der Waals surface area contributed by atoms with Crippen LogP contribution in [0.2, 0.25) is 0 Å². The number of hydrogen-bond donors (Lipinski definition) is 2. The van der Waals surface area contributed by atoms with E-state index >= 15 is 0 Å². The standard InChI is InChI=1S/C23H26N4O2/c1-5-17-8-6-7-16(4)21(17)27-22(28)20-13-14-24-23(26-20)25-18-9-11-19(12-10-18)29-15(2)3/h6-15H,5H2,1-4H3,(H,27,28)(H,24,25,26). The zero-order chi connectivity index (χ0) is 20.8.